The molecule has 0 spiro atoms. The molecule has 4 rings (SSSR count). The summed E-state index contributed by atoms with van der Waals surface area (Å²) in [5.41, 5.74) is 4.29. The van der Waals surface area contributed by atoms with Crippen LogP contribution in [0.2, 0.25) is 0 Å². The van der Waals surface area contributed by atoms with E-state index in [9.17, 15) is 8.42 Å². The highest BCUT2D eigenvalue weighted by molar-refractivity contribution is 7.88. The number of sulfonamides is 1. The molecule has 2 aromatic carbocycles. The van der Waals surface area contributed by atoms with E-state index in [2.05, 4.69) is 48.0 Å². The van der Waals surface area contributed by atoms with Crippen LogP contribution in [0.4, 0.5) is 0 Å². The maximum absolute atomic E-state index is 12.8. The molecular formula is C25H33N3O3S. The van der Waals surface area contributed by atoms with Gasteiger partial charge in [-0.25, -0.2) is 12.7 Å². The van der Waals surface area contributed by atoms with E-state index in [4.69, 9.17) is 4.74 Å². The van der Waals surface area contributed by atoms with Gasteiger partial charge in [0, 0.05) is 31.2 Å². The van der Waals surface area contributed by atoms with E-state index in [-0.39, 0.29) is 5.75 Å². The Morgan fingerprint density at radius 3 is 2.47 bits per heavy atom. The summed E-state index contributed by atoms with van der Waals surface area (Å²) in [5, 5.41) is 1.12. The third-order valence-electron chi connectivity index (χ3n) is 6.01. The molecule has 1 fully saturated rings. The van der Waals surface area contributed by atoms with Gasteiger partial charge in [0.25, 0.3) is 0 Å². The second-order valence-electron chi connectivity index (χ2n) is 8.85. The van der Waals surface area contributed by atoms with Gasteiger partial charge in [0.2, 0.25) is 10.0 Å². The number of aromatic nitrogens is 1. The monoisotopic (exact) mass is 455 g/mol. The minimum atomic E-state index is -3.26. The number of hydrogen-bond acceptors (Lipinski definition) is 4. The van der Waals surface area contributed by atoms with E-state index >= 15 is 0 Å². The maximum Gasteiger partial charge on any atom is 0.218 e. The first kappa shape index (κ1) is 23.0. The lowest BCUT2D eigenvalue weighted by molar-refractivity contribution is 0.0667. The van der Waals surface area contributed by atoms with E-state index in [1.54, 1.807) is 4.31 Å². The number of nitrogens with zero attached hydrogens (tertiary/aromatic N) is 3. The molecule has 0 amide bonds. The fourth-order valence-corrected chi connectivity index (χ4v) is 5.86. The first-order valence-electron chi connectivity index (χ1n) is 11.3. The highest BCUT2D eigenvalue weighted by atomic mass is 32.2. The Kier molecular flexibility index (Phi) is 7.30. The van der Waals surface area contributed by atoms with Crippen molar-refractivity contribution in [2.75, 3.05) is 33.7 Å². The van der Waals surface area contributed by atoms with Crippen LogP contribution in [-0.4, -0.2) is 55.9 Å². The average molecular weight is 456 g/mol. The molecule has 7 heteroatoms. The van der Waals surface area contributed by atoms with Crippen molar-refractivity contribution in [3.05, 3.63) is 71.4 Å². The molecule has 0 saturated carbocycles. The van der Waals surface area contributed by atoms with E-state index in [1.165, 1.54) is 5.56 Å². The molecule has 0 N–H and O–H groups in total. The van der Waals surface area contributed by atoms with Crippen molar-refractivity contribution < 1.29 is 13.2 Å². The third kappa shape index (κ3) is 5.59. The molecule has 0 unspecified atom stereocenters. The van der Waals surface area contributed by atoms with Gasteiger partial charge in [0.05, 0.1) is 17.9 Å². The number of likely N-dealkylation sites (N-methyl/N-ethyl adjacent to an activating group) is 1. The van der Waals surface area contributed by atoms with Crippen LogP contribution in [-0.2, 0) is 40.3 Å². The topological polar surface area (TPSA) is 54.8 Å². The smallest absolute Gasteiger partial charge is 0.218 e. The lowest BCUT2D eigenvalue weighted by Gasteiger charge is -2.15. The normalized spacial score (nSPS) is 15.2. The largest absolute Gasteiger partial charge is 0.356 e. The zero-order valence-electron chi connectivity index (χ0n) is 19.0. The molecule has 1 aliphatic rings. The molecule has 0 radical (unpaired) electrons. The maximum atomic E-state index is 12.8. The first-order chi connectivity index (χ1) is 15.4. The average Bonchev–Trinajstić information content (AvgIpc) is 3.42. The van der Waals surface area contributed by atoms with Crippen molar-refractivity contribution in [1.29, 1.82) is 0 Å². The molecule has 0 bridgehead atoms. The fraction of sp³-hybridized carbons (Fsp3) is 0.440. The molecule has 1 saturated heterocycles. The van der Waals surface area contributed by atoms with Crippen LogP contribution in [0.25, 0.3) is 10.9 Å². The Morgan fingerprint density at radius 1 is 1.00 bits per heavy atom. The fourth-order valence-electron chi connectivity index (χ4n) is 4.26. The summed E-state index contributed by atoms with van der Waals surface area (Å²) in [6.07, 6.45) is 4.97. The molecule has 1 aliphatic heterocycles. The Bertz CT molecular complexity index is 1130. The van der Waals surface area contributed by atoms with E-state index in [1.807, 2.05) is 30.3 Å². The molecule has 1 aromatic heterocycles. The van der Waals surface area contributed by atoms with Crippen LogP contribution in [0.5, 0.6) is 0 Å². The van der Waals surface area contributed by atoms with Gasteiger partial charge >= 0.3 is 0 Å². The Balaban J connectivity index is 1.55. The van der Waals surface area contributed by atoms with Crippen molar-refractivity contribution in [2.45, 2.75) is 38.4 Å². The summed E-state index contributed by atoms with van der Waals surface area (Å²) in [5.74, 6) is 0.0613. The van der Waals surface area contributed by atoms with Crippen molar-refractivity contribution in [1.82, 2.24) is 13.8 Å². The number of hydrogen-bond donors (Lipinski definition) is 0. The van der Waals surface area contributed by atoms with Gasteiger partial charge in [-0.05, 0) is 62.2 Å². The molecule has 172 valence electrons. The van der Waals surface area contributed by atoms with Gasteiger partial charge in [-0.15, -0.1) is 0 Å². The van der Waals surface area contributed by atoms with Gasteiger partial charge in [-0.2, -0.15) is 0 Å². The molecule has 32 heavy (non-hydrogen) atoms. The number of fused-ring (bicyclic) bond motifs is 1. The SMILES string of the molecule is CN(C)CCc1cn(COCc2ccccc2)c2ccc(CS(=O)(=O)N3CCCC3)cc12. The van der Waals surface area contributed by atoms with Gasteiger partial charge in [0.15, 0.2) is 0 Å². The molecule has 0 aliphatic carbocycles. The number of benzene rings is 2. The summed E-state index contributed by atoms with van der Waals surface area (Å²) < 4.78 is 35.4. The zero-order chi connectivity index (χ0) is 22.6. The summed E-state index contributed by atoms with van der Waals surface area (Å²) in [6.45, 7) is 3.24. The summed E-state index contributed by atoms with van der Waals surface area (Å²) in [4.78, 5) is 2.16. The van der Waals surface area contributed by atoms with Gasteiger partial charge in [0.1, 0.15) is 6.73 Å². The standard InChI is InChI=1S/C25H33N3O3S/c1-26(2)15-12-23-17-27(20-31-18-21-8-4-3-5-9-21)25-11-10-22(16-24(23)25)19-32(29,30)28-13-6-7-14-28/h3-5,8-11,16-17H,6-7,12-15,18-20H2,1-2H3. The lowest BCUT2D eigenvalue weighted by atomic mass is 10.1. The third-order valence-corrected chi connectivity index (χ3v) is 7.86. The predicted octanol–water partition coefficient (Wildman–Crippen LogP) is 3.85. The molecular weight excluding hydrogens is 422 g/mol. The number of ether oxygens (including phenoxy) is 1. The molecule has 3 aromatic rings. The Labute approximate surface area is 191 Å². The Hall–Kier alpha value is -2.19. The highest BCUT2D eigenvalue weighted by Crippen LogP contribution is 2.26. The van der Waals surface area contributed by atoms with Crippen LogP contribution in [0, 0.1) is 0 Å². The van der Waals surface area contributed by atoms with Crippen LogP contribution < -0.4 is 0 Å². The molecule has 0 atom stereocenters. The summed E-state index contributed by atoms with van der Waals surface area (Å²) >= 11 is 0. The Morgan fingerprint density at radius 2 is 1.75 bits per heavy atom. The zero-order valence-corrected chi connectivity index (χ0v) is 19.9. The van der Waals surface area contributed by atoms with Crippen LogP contribution in [0.1, 0.15) is 29.5 Å². The predicted molar refractivity (Wildman–Crippen MR) is 129 cm³/mol. The second-order valence-corrected chi connectivity index (χ2v) is 10.8. The van der Waals surface area contributed by atoms with Crippen molar-refractivity contribution in [2.24, 2.45) is 0 Å². The van der Waals surface area contributed by atoms with E-state index in [0.717, 1.165) is 47.8 Å². The summed E-state index contributed by atoms with van der Waals surface area (Å²) in [6, 6.07) is 16.2. The second kappa shape index (κ2) is 10.2. The minimum absolute atomic E-state index is 0.0613. The van der Waals surface area contributed by atoms with E-state index in [0.29, 0.717) is 26.4 Å². The minimum Gasteiger partial charge on any atom is -0.356 e. The van der Waals surface area contributed by atoms with E-state index < -0.39 is 10.0 Å². The van der Waals surface area contributed by atoms with Crippen LogP contribution in [0.15, 0.2) is 54.7 Å². The summed E-state index contributed by atoms with van der Waals surface area (Å²) in [7, 11) is 0.867. The van der Waals surface area contributed by atoms with Crippen LogP contribution in [0.3, 0.4) is 0 Å². The first-order valence-corrected chi connectivity index (χ1v) is 12.9. The molecule has 2 heterocycles. The number of rotatable bonds is 10. The molecule has 6 nitrogen and oxygen atoms in total. The van der Waals surface area contributed by atoms with Gasteiger partial charge in [-0.3, -0.25) is 0 Å². The lowest BCUT2D eigenvalue weighted by Crippen LogP contribution is -2.29. The van der Waals surface area contributed by atoms with Gasteiger partial charge in [-0.1, -0.05) is 36.4 Å². The van der Waals surface area contributed by atoms with Crippen molar-refractivity contribution >= 4 is 20.9 Å². The highest BCUT2D eigenvalue weighted by Gasteiger charge is 2.25. The quantitative estimate of drug-likeness (QED) is 0.466. The van der Waals surface area contributed by atoms with Crippen molar-refractivity contribution in [3.8, 4) is 0 Å². The van der Waals surface area contributed by atoms with Crippen molar-refractivity contribution in [3.63, 3.8) is 0 Å². The van der Waals surface area contributed by atoms with Crippen LogP contribution >= 0.6 is 0 Å². The van der Waals surface area contributed by atoms with Gasteiger partial charge < -0.3 is 14.2 Å².